The molecule has 0 saturated heterocycles. The maximum Gasteiger partial charge on any atom is 0.255 e. The first-order valence-electron chi connectivity index (χ1n) is 6.55. The van der Waals surface area contributed by atoms with Crippen LogP contribution < -0.4 is 10.3 Å². The van der Waals surface area contributed by atoms with Gasteiger partial charge < -0.3 is 4.74 Å². The van der Waals surface area contributed by atoms with Gasteiger partial charge >= 0.3 is 0 Å². The second kappa shape index (κ2) is 5.63. The highest BCUT2D eigenvalue weighted by Crippen LogP contribution is 2.21. The van der Waals surface area contributed by atoms with E-state index in [2.05, 4.69) is 4.98 Å². The van der Waals surface area contributed by atoms with Gasteiger partial charge in [-0.05, 0) is 41.5 Å². The fraction of sp³-hybridized carbons (Fsp3) is 0.0588. The molecule has 0 saturated carbocycles. The molecule has 2 aromatic heterocycles. The summed E-state index contributed by atoms with van der Waals surface area (Å²) in [7, 11) is 1.64. The molecular weight excluding hydrogens is 264 g/mol. The molecule has 4 nitrogen and oxygen atoms in total. The Hall–Kier alpha value is -2.88. The average molecular weight is 278 g/mol. The van der Waals surface area contributed by atoms with E-state index in [0.29, 0.717) is 0 Å². The SMILES string of the molecule is COc1ccc(-c2ccc(=O)n(-c3ccncc3)c2)cc1. The van der Waals surface area contributed by atoms with Crippen LogP contribution in [0.1, 0.15) is 0 Å². The van der Waals surface area contributed by atoms with Gasteiger partial charge in [-0.2, -0.15) is 0 Å². The maximum absolute atomic E-state index is 12.0. The Morgan fingerprint density at radius 1 is 0.905 bits per heavy atom. The Labute approximate surface area is 122 Å². The number of hydrogen-bond acceptors (Lipinski definition) is 3. The first-order valence-corrected chi connectivity index (χ1v) is 6.55. The molecule has 0 unspecified atom stereocenters. The molecule has 1 aromatic carbocycles. The summed E-state index contributed by atoms with van der Waals surface area (Å²) in [5, 5.41) is 0. The third-order valence-corrected chi connectivity index (χ3v) is 3.28. The van der Waals surface area contributed by atoms with Crippen LogP contribution in [0, 0.1) is 0 Å². The summed E-state index contributed by atoms with van der Waals surface area (Å²) in [6, 6.07) is 14.7. The smallest absolute Gasteiger partial charge is 0.255 e. The van der Waals surface area contributed by atoms with Gasteiger partial charge in [-0.15, -0.1) is 0 Å². The Morgan fingerprint density at radius 3 is 2.24 bits per heavy atom. The second-order valence-electron chi connectivity index (χ2n) is 4.56. The molecule has 0 aliphatic rings. The van der Waals surface area contributed by atoms with E-state index < -0.39 is 0 Å². The molecule has 0 N–H and O–H groups in total. The van der Waals surface area contributed by atoms with Crippen molar-refractivity contribution in [3.63, 3.8) is 0 Å². The van der Waals surface area contributed by atoms with Crippen molar-refractivity contribution in [1.29, 1.82) is 0 Å². The maximum atomic E-state index is 12.0. The minimum absolute atomic E-state index is 0.0709. The van der Waals surface area contributed by atoms with Gasteiger partial charge in [0.1, 0.15) is 5.75 Å². The third-order valence-electron chi connectivity index (χ3n) is 3.28. The van der Waals surface area contributed by atoms with Crippen molar-refractivity contribution in [1.82, 2.24) is 9.55 Å². The molecule has 0 radical (unpaired) electrons. The van der Waals surface area contributed by atoms with Gasteiger partial charge in [0.25, 0.3) is 5.56 Å². The Kier molecular flexibility index (Phi) is 3.51. The Bertz CT molecular complexity index is 793. The molecule has 0 aliphatic carbocycles. The molecule has 0 bridgehead atoms. The Morgan fingerprint density at radius 2 is 1.57 bits per heavy atom. The summed E-state index contributed by atoms with van der Waals surface area (Å²) in [4.78, 5) is 16.0. The predicted octanol–water partition coefficient (Wildman–Crippen LogP) is 2.91. The van der Waals surface area contributed by atoms with E-state index in [0.717, 1.165) is 22.6 Å². The number of nitrogens with zero attached hydrogens (tertiary/aromatic N) is 2. The highest BCUT2D eigenvalue weighted by molar-refractivity contribution is 5.63. The zero-order valence-corrected chi connectivity index (χ0v) is 11.6. The van der Waals surface area contributed by atoms with Crippen LogP contribution in [-0.4, -0.2) is 16.7 Å². The standard InChI is InChI=1S/C17H14N2O2/c1-21-16-5-2-13(3-6-16)14-4-7-17(20)19(12-14)15-8-10-18-11-9-15/h2-12H,1H3. The van der Waals surface area contributed by atoms with E-state index in [9.17, 15) is 4.79 Å². The largest absolute Gasteiger partial charge is 0.497 e. The van der Waals surface area contributed by atoms with Crippen LogP contribution in [0.5, 0.6) is 5.75 Å². The van der Waals surface area contributed by atoms with Crippen LogP contribution >= 0.6 is 0 Å². The zero-order chi connectivity index (χ0) is 14.7. The van der Waals surface area contributed by atoms with Gasteiger partial charge in [-0.3, -0.25) is 14.3 Å². The van der Waals surface area contributed by atoms with E-state index in [-0.39, 0.29) is 5.56 Å². The van der Waals surface area contributed by atoms with E-state index in [1.165, 1.54) is 0 Å². The predicted molar refractivity (Wildman–Crippen MR) is 81.8 cm³/mol. The van der Waals surface area contributed by atoms with Gasteiger partial charge in [0.05, 0.1) is 12.8 Å². The summed E-state index contributed by atoms with van der Waals surface area (Å²) >= 11 is 0. The molecule has 0 atom stereocenters. The molecular formula is C17H14N2O2. The number of rotatable bonds is 3. The second-order valence-corrected chi connectivity index (χ2v) is 4.56. The minimum Gasteiger partial charge on any atom is -0.497 e. The molecule has 0 aliphatic heterocycles. The fourth-order valence-electron chi connectivity index (χ4n) is 2.15. The lowest BCUT2D eigenvalue weighted by molar-refractivity contribution is 0.415. The van der Waals surface area contributed by atoms with Crippen LogP contribution in [0.4, 0.5) is 0 Å². The molecule has 2 heterocycles. The molecule has 3 aromatic rings. The van der Waals surface area contributed by atoms with Gasteiger partial charge in [-0.25, -0.2) is 0 Å². The lowest BCUT2D eigenvalue weighted by Gasteiger charge is -2.08. The summed E-state index contributed by atoms with van der Waals surface area (Å²) in [5.74, 6) is 0.807. The normalized spacial score (nSPS) is 10.3. The first kappa shape index (κ1) is 13.1. The van der Waals surface area contributed by atoms with E-state index in [1.807, 2.05) is 36.5 Å². The highest BCUT2D eigenvalue weighted by atomic mass is 16.5. The van der Waals surface area contributed by atoms with Crippen molar-refractivity contribution in [3.05, 3.63) is 77.5 Å². The van der Waals surface area contributed by atoms with Gasteiger partial charge in [0, 0.05) is 24.7 Å². The van der Waals surface area contributed by atoms with Gasteiger partial charge in [0.15, 0.2) is 0 Å². The topological polar surface area (TPSA) is 44.1 Å². The number of methoxy groups -OCH3 is 1. The number of benzene rings is 1. The van der Waals surface area contributed by atoms with E-state index in [1.54, 1.807) is 42.3 Å². The number of ether oxygens (including phenoxy) is 1. The van der Waals surface area contributed by atoms with Crippen LogP contribution in [0.25, 0.3) is 16.8 Å². The fourth-order valence-corrected chi connectivity index (χ4v) is 2.15. The third kappa shape index (κ3) is 2.69. The highest BCUT2D eigenvalue weighted by Gasteiger charge is 2.03. The quantitative estimate of drug-likeness (QED) is 0.740. The van der Waals surface area contributed by atoms with Crippen LogP contribution in [0.2, 0.25) is 0 Å². The molecule has 3 rings (SSSR count). The molecule has 0 amide bonds. The van der Waals surface area contributed by atoms with Crippen LogP contribution in [0.3, 0.4) is 0 Å². The molecule has 104 valence electrons. The summed E-state index contributed by atoms with van der Waals surface area (Å²) in [6.45, 7) is 0. The summed E-state index contributed by atoms with van der Waals surface area (Å²) in [6.07, 6.45) is 5.17. The Balaban J connectivity index is 2.06. The van der Waals surface area contributed by atoms with Crippen LogP contribution in [-0.2, 0) is 0 Å². The van der Waals surface area contributed by atoms with E-state index >= 15 is 0 Å². The van der Waals surface area contributed by atoms with E-state index in [4.69, 9.17) is 4.74 Å². The number of pyridine rings is 2. The minimum atomic E-state index is -0.0709. The summed E-state index contributed by atoms with van der Waals surface area (Å²) < 4.78 is 6.77. The summed E-state index contributed by atoms with van der Waals surface area (Å²) in [5.41, 5.74) is 2.72. The van der Waals surface area contributed by atoms with Crippen molar-refractivity contribution in [3.8, 4) is 22.6 Å². The molecule has 0 fully saturated rings. The van der Waals surface area contributed by atoms with Crippen molar-refractivity contribution >= 4 is 0 Å². The monoisotopic (exact) mass is 278 g/mol. The van der Waals surface area contributed by atoms with Crippen molar-refractivity contribution in [2.75, 3.05) is 7.11 Å². The zero-order valence-electron chi connectivity index (χ0n) is 11.6. The van der Waals surface area contributed by atoms with Gasteiger partial charge in [0.2, 0.25) is 0 Å². The molecule has 21 heavy (non-hydrogen) atoms. The lowest BCUT2D eigenvalue weighted by Crippen LogP contribution is -2.16. The van der Waals surface area contributed by atoms with Crippen molar-refractivity contribution in [2.24, 2.45) is 0 Å². The van der Waals surface area contributed by atoms with Crippen molar-refractivity contribution in [2.45, 2.75) is 0 Å². The van der Waals surface area contributed by atoms with Crippen LogP contribution in [0.15, 0.2) is 71.9 Å². The van der Waals surface area contributed by atoms with Crippen molar-refractivity contribution < 1.29 is 4.74 Å². The van der Waals surface area contributed by atoms with Gasteiger partial charge in [-0.1, -0.05) is 12.1 Å². The lowest BCUT2D eigenvalue weighted by atomic mass is 10.1. The average Bonchev–Trinajstić information content (AvgIpc) is 2.56. The first-order chi connectivity index (χ1) is 10.3. The number of aromatic nitrogens is 2. The number of hydrogen-bond donors (Lipinski definition) is 0. The molecule has 0 spiro atoms. The molecule has 4 heteroatoms.